The van der Waals surface area contributed by atoms with E-state index in [1.165, 1.54) is 0 Å². The molecule has 90 valence electrons. The third-order valence-electron chi connectivity index (χ3n) is 3.14. The van der Waals surface area contributed by atoms with Crippen LogP contribution in [0.1, 0.15) is 28.8 Å². The number of methoxy groups -OCH3 is 1. The molecule has 1 aromatic rings. The lowest BCUT2D eigenvalue weighted by Crippen LogP contribution is -2.24. The van der Waals surface area contributed by atoms with Gasteiger partial charge in [-0.2, -0.15) is 0 Å². The van der Waals surface area contributed by atoms with E-state index in [1.54, 1.807) is 13.2 Å². The summed E-state index contributed by atoms with van der Waals surface area (Å²) in [7, 11) is 1.55. The van der Waals surface area contributed by atoms with Gasteiger partial charge in [-0.15, -0.1) is 0 Å². The maximum atomic E-state index is 12.1. The summed E-state index contributed by atoms with van der Waals surface area (Å²) >= 11 is 0. The van der Waals surface area contributed by atoms with Crippen molar-refractivity contribution < 1.29 is 19.4 Å². The van der Waals surface area contributed by atoms with Crippen LogP contribution in [0.3, 0.4) is 0 Å². The minimum absolute atomic E-state index is 0.0763. The first-order valence-electron chi connectivity index (χ1n) is 5.54. The molecule has 1 atom stereocenters. The quantitative estimate of drug-likeness (QED) is 0.867. The summed E-state index contributed by atoms with van der Waals surface area (Å²) in [5.74, 6) is -0.762. The molecule has 0 aromatic heterocycles. The van der Waals surface area contributed by atoms with Gasteiger partial charge in [-0.05, 0) is 30.5 Å². The molecule has 0 radical (unpaired) electrons. The molecule has 1 aliphatic rings. The van der Waals surface area contributed by atoms with Gasteiger partial charge in [-0.25, -0.2) is 0 Å². The Morgan fingerprint density at radius 1 is 1.53 bits per heavy atom. The standard InChI is InChI=1S/C13H14O4/c1-17-10-5-4-8-2-3-9(6-12(14)15)13(16)11(8)7-10/h4-5,7,9H,2-3,6H2,1H3,(H,14,15). The maximum Gasteiger partial charge on any atom is 0.304 e. The van der Waals surface area contributed by atoms with Crippen molar-refractivity contribution in [3.63, 3.8) is 0 Å². The number of benzene rings is 1. The fraction of sp³-hybridized carbons (Fsp3) is 0.385. The summed E-state index contributed by atoms with van der Waals surface area (Å²) in [6.07, 6.45) is 1.28. The first kappa shape index (κ1) is 11.6. The predicted octanol–water partition coefficient (Wildman–Crippen LogP) is 1.91. The van der Waals surface area contributed by atoms with Crippen LogP contribution in [-0.4, -0.2) is 24.0 Å². The van der Waals surface area contributed by atoms with Crippen LogP contribution in [0.15, 0.2) is 18.2 Å². The highest BCUT2D eigenvalue weighted by molar-refractivity contribution is 6.01. The molecule has 0 saturated carbocycles. The number of ketones is 1. The summed E-state index contributed by atoms with van der Waals surface area (Å²) in [5.41, 5.74) is 1.60. The van der Waals surface area contributed by atoms with Crippen LogP contribution >= 0.6 is 0 Å². The molecule has 1 unspecified atom stereocenters. The van der Waals surface area contributed by atoms with E-state index in [4.69, 9.17) is 9.84 Å². The van der Waals surface area contributed by atoms with Crippen LogP contribution in [0.4, 0.5) is 0 Å². The second kappa shape index (κ2) is 4.57. The van der Waals surface area contributed by atoms with Crippen molar-refractivity contribution in [2.45, 2.75) is 19.3 Å². The van der Waals surface area contributed by atoms with Crippen LogP contribution in [0.5, 0.6) is 5.75 Å². The molecule has 1 aliphatic carbocycles. The SMILES string of the molecule is COc1ccc2c(c1)C(=O)C(CC(=O)O)CC2. The molecule has 4 nitrogen and oxygen atoms in total. The van der Waals surface area contributed by atoms with Crippen LogP contribution in [-0.2, 0) is 11.2 Å². The van der Waals surface area contributed by atoms with Gasteiger partial charge in [-0.3, -0.25) is 9.59 Å². The average Bonchev–Trinajstić information content (AvgIpc) is 2.32. The molecule has 4 heteroatoms. The average molecular weight is 234 g/mol. The van der Waals surface area contributed by atoms with Crippen LogP contribution in [0, 0.1) is 5.92 Å². The monoisotopic (exact) mass is 234 g/mol. The molecule has 2 rings (SSSR count). The van der Waals surface area contributed by atoms with E-state index in [-0.39, 0.29) is 12.2 Å². The number of carbonyl (C=O) groups excluding carboxylic acids is 1. The summed E-state index contributed by atoms with van der Waals surface area (Å²) < 4.78 is 5.08. The largest absolute Gasteiger partial charge is 0.497 e. The topological polar surface area (TPSA) is 63.6 Å². The van der Waals surface area contributed by atoms with Gasteiger partial charge in [-0.1, -0.05) is 6.07 Å². The number of hydrogen-bond donors (Lipinski definition) is 1. The minimum Gasteiger partial charge on any atom is -0.497 e. The van der Waals surface area contributed by atoms with Crippen molar-refractivity contribution in [2.24, 2.45) is 5.92 Å². The molecule has 0 spiro atoms. The molecule has 0 saturated heterocycles. The maximum absolute atomic E-state index is 12.1. The van der Waals surface area contributed by atoms with E-state index < -0.39 is 11.9 Å². The Morgan fingerprint density at radius 2 is 2.29 bits per heavy atom. The van der Waals surface area contributed by atoms with Crippen molar-refractivity contribution in [1.29, 1.82) is 0 Å². The summed E-state index contributed by atoms with van der Waals surface area (Å²) in [6, 6.07) is 5.40. The number of carbonyl (C=O) groups is 2. The van der Waals surface area contributed by atoms with E-state index in [2.05, 4.69) is 0 Å². The fourth-order valence-electron chi connectivity index (χ4n) is 2.22. The highest BCUT2D eigenvalue weighted by atomic mass is 16.5. The van der Waals surface area contributed by atoms with Crippen LogP contribution in [0.2, 0.25) is 0 Å². The molecule has 17 heavy (non-hydrogen) atoms. The zero-order valence-electron chi connectivity index (χ0n) is 9.60. The summed E-state index contributed by atoms with van der Waals surface area (Å²) in [5, 5.41) is 8.76. The van der Waals surface area contributed by atoms with Crippen LogP contribution in [0.25, 0.3) is 0 Å². The molecule has 0 heterocycles. The lowest BCUT2D eigenvalue weighted by Gasteiger charge is -2.22. The van der Waals surface area contributed by atoms with Gasteiger partial charge in [0.25, 0.3) is 0 Å². The second-order valence-electron chi connectivity index (χ2n) is 4.22. The number of ether oxygens (including phenoxy) is 1. The number of Topliss-reactive ketones (excluding diaryl/α,β-unsaturated/α-hetero) is 1. The highest BCUT2D eigenvalue weighted by Gasteiger charge is 2.29. The van der Waals surface area contributed by atoms with Gasteiger partial charge in [0.05, 0.1) is 13.5 Å². The molecule has 0 fully saturated rings. The molecule has 0 amide bonds. The van der Waals surface area contributed by atoms with Crippen LogP contribution < -0.4 is 4.74 Å². The smallest absolute Gasteiger partial charge is 0.304 e. The Hall–Kier alpha value is -1.84. The summed E-state index contributed by atoms with van der Waals surface area (Å²) in [4.78, 5) is 22.8. The van der Waals surface area contributed by atoms with Crippen molar-refractivity contribution >= 4 is 11.8 Å². The number of hydrogen-bond acceptors (Lipinski definition) is 3. The lowest BCUT2D eigenvalue weighted by molar-refractivity contribution is -0.137. The van der Waals surface area contributed by atoms with Gasteiger partial charge >= 0.3 is 5.97 Å². The van der Waals surface area contributed by atoms with E-state index >= 15 is 0 Å². The van der Waals surface area contributed by atoms with Gasteiger partial charge in [0.1, 0.15) is 5.75 Å². The molecule has 1 aromatic carbocycles. The third-order valence-corrected chi connectivity index (χ3v) is 3.14. The van der Waals surface area contributed by atoms with E-state index in [1.807, 2.05) is 12.1 Å². The lowest BCUT2D eigenvalue weighted by atomic mass is 9.81. The fourth-order valence-corrected chi connectivity index (χ4v) is 2.22. The number of aryl methyl sites for hydroxylation is 1. The zero-order valence-corrected chi connectivity index (χ0v) is 9.60. The molecule has 1 N–H and O–H groups in total. The number of rotatable bonds is 3. The van der Waals surface area contributed by atoms with E-state index in [0.29, 0.717) is 17.7 Å². The number of carboxylic acid groups (broad SMARTS) is 1. The zero-order chi connectivity index (χ0) is 12.4. The molecular formula is C13H14O4. The Bertz CT molecular complexity index is 464. The van der Waals surface area contributed by atoms with Crippen molar-refractivity contribution in [2.75, 3.05) is 7.11 Å². The van der Waals surface area contributed by atoms with Crippen molar-refractivity contribution in [1.82, 2.24) is 0 Å². The second-order valence-corrected chi connectivity index (χ2v) is 4.22. The molecule has 0 aliphatic heterocycles. The summed E-state index contributed by atoms with van der Waals surface area (Å²) in [6.45, 7) is 0. The molecular weight excluding hydrogens is 220 g/mol. The number of aliphatic carboxylic acids is 1. The predicted molar refractivity (Wildman–Crippen MR) is 61.4 cm³/mol. The first-order valence-corrected chi connectivity index (χ1v) is 5.54. The Kier molecular flexibility index (Phi) is 3.13. The molecule has 0 bridgehead atoms. The van der Waals surface area contributed by atoms with Gasteiger partial charge in [0.15, 0.2) is 5.78 Å². The third kappa shape index (κ3) is 2.30. The minimum atomic E-state index is -0.922. The van der Waals surface area contributed by atoms with Gasteiger partial charge in [0.2, 0.25) is 0 Å². The Morgan fingerprint density at radius 3 is 2.94 bits per heavy atom. The van der Waals surface area contributed by atoms with Gasteiger partial charge < -0.3 is 9.84 Å². The first-order chi connectivity index (χ1) is 8.11. The number of fused-ring (bicyclic) bond motifs is 1. The highest BCUT2D eigenvalue weighted by Crippen LogP contribution is 2.30. The van der Waals surface area contributed by atoms with Crippen molar-refractivity contribution in [3.8, 4) is 5.75 Å². The van der Waals surface area contributed by atoms with E-state index in [0.717, 1.165) is 12.0 Å². The van der Waals surface area contributed by atoms with E-state index in [9.17, 15) is 9.59 Å². The van der Waals surface area contributed by atoms with Crippen molar-refractivity contribution in [3.05, 3.63) is 29.3 Å². The Labute approximate surface area is 99.2 Å². The number of carboxylic acids is 1. The normalized spacial score (nSPS) is 18.6. The Balaban J connectivity index is 2.30. The van der Waals surface area contributed by atoms with Gasteiger partial charge in [0, 0.05) is 11.5 Å².